The van der Waals surface area contributed by atoms with Crippen molar-refractivity contribution < 1.29 is 18.9 Å². The van der Waals surface area contributed by atoms with Crippen LogP contribution >= 0.6 is 7.82 Å². The maximum atomic E-state index is 10.2. The average Bonchev–Trinajstić information content (AvgIpc) is 1.94. The number of hydrogen-bond donors (Lipinski definition) is 2. The van der Waals surface area contributed by atoms with E-state index in [1.54, 1.807) is 0 Å². The van der Waals surface area contributed by atoms with E-state index in [2.05, 4.69) is 11.4 Å². The smallest absolute Gasteiger partial charge is 0.303 e. The monoisotopic (exact) mass is 219 g/mol. The zero-order chi connectivity index (χ0) is 9.45. The van der Waals surface area contributed by atoms with Gasteiger partial charge in [-0.15, -0.1) is 0 Å². The standard InChI is InChI=1S/C7H17O4P.Na/c1-2-3-4-5-6-7-11-12(8,9)10;/h2-7H2,1H3,(H2,8,9,10);. The molecule has 0 spiro atoms. The van der Waals surface area contributed by atoms with Crippen molar-refractivity contribution in [3.63, 3.8) is 0 Å². The van der Waals surface area contributed by atoms with E-state index < -0.39 is 7.82 Å². The molecule has 0 aromatic rings. The summed E-state index contributed by atoms with van der Waals surface area (Å²) in [6.07, 6.45) is 5.16. The molecule has 1 radical (unpaired) electrons. The molecule has 0 atom stereocenters. The molecule has 0 fully saturated rings. The maximum Gasteiger partial charge on any atom is 0.469 e. The van der Waals surface area contributed by atoms with Crippen LogP contribution in [0.2, 0.25) is 0 Å². The molecule has 0 aliphatic heterocycles. The van der Waals surface area contributed by atoms with Gasteiger partial charge in [0, 0.05) is 29.6 Å². The van der Waals surface area contributed by atoms with E-state index in [1.165, 1.54) is 12.8 Å². The van der Waals surface area contributed by atoms with Crippen molar-refractivity contribution in [2.24, 2.45) is 0 Å². The molecule has 0 bridgehead atoms. The van der Waals surface area contributed by atoms with Gasteiger partial charge < -0.3 is 9.79 Å². The van der Waals surface area contributed by atoms with Gasteiger partial charge in [0.15, 0.2) is 0 Å². The van der Waals surface area contributed by atoms with Crippen LogP contribution in [0.15, 0.2) is 0 Å². The molecule has 0 rings (SSSR count). The van der Waals surface area contributed by atoms with E-state index in [1.807, 2.05) is 0 Å². The van der Waals surface area contributed by atoms with E-state index in [4.69, 9.17) is 9.79 Å². The molecule has 0 heterocycles. The first-order valence-corrected chi connectivity index (χ1v) is 5.79. The first-order chi connectivity index (χ1) is 5.56. The average molecular weight is 219 g/mol. The van der Waals surface area contributed by atoms with Crippen molar-refractivity contribution in [1.29, 1.82) is 0 Å². The Hall–Kier alpha value is 1.11. The molecule has 0 saturated heterocycles. The van der Waals surface area contributed by atoms with Gasteiger partial charge in [-0.05, 0) is 6.42 Å². The Morgan fingerprint density at radius 1 is 1.15 bits per heavy atom. The summed E-state index contributed by atoms with van der Waals surface area (Å²) in [5.41, 5.74) is 0. The van der Waals surface area contributed by atoms with Crippen LogP contribution in [0.5, 0.6) is 0 Å². The fourth-order valence-corrected chi connectivity index (χ4v) is 1.26. The summed E-state index contributed by atoms with van der Waals surface area (Å²) < 4.78 is 14.5. The normalized spacial score (nSPS) is 11.0. The van der Waals surface area contributed by atoms with Crippen molar-refractivity contribution in [2.75, 3.05) is 6.61 Å². The Labute approximate surface area is 102 Å². The maximum absolute atomic E-state index is 10.2. The largest absolute Gasteiger partial charge is 0.469 e. The van der Waals surface area contributed by atoms with Crippen molar-refractivity contribution in [1.82, 2.24) is 0 Å². The molecule has 0 saturated carbocycles. The molecular weight excluding hydrogens is 202 g/mol. The van der Waals surface area contributed by atoms with Gasteiger partial charge in [-0.25, -0.2) is 4.57 Å². The topological polar surface area (TPSA) is 66.8 Å². The molecule has 0 aromatic carbocycles. The third-order valence-electron chi connectivity index (χ3n) is 1.51. The fourth-order valence-electron chi connectivity index (χ4n) is 0.889. The van der Waals surface area contributed by atoms with Crippen molar-refractivity contribution in [2.45, 2.75) is 39.0 Å². The van der Waals surface area contributed by atoms with Crippen molar-refractivity contribution in [3.05, 3.63) is 0 Å². The zero-order valence-electron chi connectivity index (χ0n) is 8.40. The van der Waals surface area contributed by atoms with Crippen LogP contribution in [0.3, 0.4) is 0 Å². The minimum atomic E-state index is -4.22. The molecule has 75 valence electrons. The third kappa shape index (κ3) is 15.8. The van der Waals surface area contributed by atoms with Crippen LogP contribution in [-0.4, -0.2) is 46.0 Å². The van der Waals surface area contributed by atoms with E-state index in [0.717, 1.165) is 19.3 Å². The van der Waals surface area contributed by atoms with Crippen LogP contribution in [0, 0.1) is 0 Å². The van der Waals surface area contributed by atoms with Crippen molar-refractivity contribution >= 4 is 37.4 Å². The first-order valence-electron chi connectivity index (χ1n) is 4.26. The van der Waals surface area contributed by atoms with Gasteiger partial charge in [0.05, 0.1) is 6.61 Å². The minimum absolute atomic E-state index is 0. The van der Waals surface area contributed by atoms with Crippen LogP contribution < -0.4 is 0 Å². The van der Waals surface area contributed by atoms with Crippen LogP contribution in [0.1, 0.15) is 39.0 Å². The first kappa shape index (κ1) is 16.5. The molecule has 0 unspecified atom stereocenters. The molecule has 13 heavy (non-hydrogen) atoms. The molecule has 0 aliphatic rings. The van der Waals surface area contributed by atoms with Gasteiger partial charge in [-0.3, -0.25) is 4.52 Å². The van der Waals surface area contributed by atoms with E-state index in [9.17, 15) is 4.57 Å². The minimum Gasteiger partial charge on any atom is -0.303 e. The second-order valence-corrected chi connectivity index (χ2v) is 3.98. The second-order valence-electron chi connectivity index (χ2n) is 2.74. The van der Waals surface area contributed by atoms with Crippen LogP contribution in [0.4, 0.5) is 0 Å². The zero-order valence-corrected chi connectivity index (χ0v) is 11.3. The summed E-state index contributed by atoms with van der Waals surface area (Å²) in [5, 5.41) is 0. The summed E-state index contributed by atoms with van der Waals surface area (Å²) >= 11 is 0. The number of unbranched alkanes of at least 4 members (excludes halogenated alkanes) is 4. The Kier molecular flexibility index (Phi) is 12.3. The summed E-state index contributed by atoms with van der Waals surface area (Å²) in [6, 6.07) is 0. The summed E-state index contributed by atoms with van der Waals surface area (Å²) in [5.74, 6) is 0. The quantitative estimate of drug-likeness (QED) is 0.388. The van der Waals surface area contributed by atoms with E-state index in [-0.39, 0.29) is 36.2 Å². The van der Waals surface area contributed by atoms with E-state index in [0.29, 0.717) is 0 Å². The van der Waals surface area contributed by atoms with Gasteiger partial charge >= 0.3 is 7.82 Å². The van der Waals surface area contributed by atoms with Crippen LogP contribution in [0.25, 0.3) is 0 Å². The molecule has 2 N–H and O–H groups in total. The SMILES string of the molecule is CCCCCCCOP(=O)(O)O.[Na]. The van der Waals surface area contributed by atoms with Gasteiger partial charge in [-0.2, -0.15) is 0 Å². The van der Waals surface area contributed by atoms with E-state index >= 15 is 0 Å². The molecular formula is C7H17NaO4P. The third-order valence-corrected chi connectivity index (χ3v) is 2.03. The summed E-state index contributed by atoms with van der Waals surface area (Å²) in [6.45, 7) is 2.28. The van der Waals surface area contributed by atoms with Gasteiger partial charge in [0.25, 0.3) is 0 Å². The Morgan fingerprint density at radius 3 is 2.15 bits per heavy atom. The second kappa shape index (κ2) is 9.66. The van der Waals surface area contributed by atoms with Gasteiger partial charge in [0.2, 0.25) is 0 Å². The van der Waals surface area contributed by atoms with Crippen molar-refractivity contribution in [3.8, 4) is 0 Å². The Bertz CT molecular complexity index is 147. The van der Waals surface area contributed by atoms with Crippen LogP contribution in [-0.2, 0) is 9.09 Å². The van der Waals surface area contributed by atoms with Gasteiger partial charge in [-0.1, -0.05) is 32.6 Å². The Morgan fingerprint density at radius 2 is 1.69 bits per heavy atom. The molecule has 0 aromatic heterocycles. The van der Waals surface area contributed by atoms with Gasteiger partial charge in [0.1, 0.15) is 0 Å². The summed E-state index contributed by atoms with van der Waals surface area (Å²) in [4.78, 5) is 16.6. The Balaban J connectivity index is 0. The number of hydrogen-bond acceptors (Lipinski definition) is 2. The number of rotatable bonds is 7. The molecule has 6 heteroatoms. The molecule has 4 nitrogen and oxygen atoms in total. The predicted molar refractivity (Wildman–Crippen MR) is 52.5 cm³/mol. The summed E-state index contributed by atoms with van der Waals surface area (Å²) in [7, 11) is -4.22. The predicted octanol–water partition coefficient (Wildman–Crippen LogP) is 1.69. The molecule has 0 amide bonds. The molecule has 0 aliphatic carbocycles. The fraction of sp³-hybridized carbons (Fsp3) is 1.00. The number of phosphoric acid groups is 1. The number of phosphoric ester groups is 1.